The van der Waals surface area contributed by atoms with Gasteiger partial charge in [0.15, 0.2) is 0 Å². The van der Waals surface area contributed by atoms with Gasteiger partial charge in [0.1, 0.15) is 0 Å². The standard InChI is InChI=1S/C19H21N5O5S/c1-13(2)23(3)30(27,28)17-9-7-15(8-10-17)20-12-18-21-19(22-29-18)14-5-4-6-16(11-14)24(25)26/h4-11,13,20H,12H2,1-3H3. The number of hydrogen-bond acceptors (Lipinski definition) is 8. The Balaban J connectivity index is 1.67. The van der Waals surface area contributed by atoms with Gasteiger partial charge < -0.3 is 9.84 Å². The van der Waals surface area contributed by atoms with Crippen molar-refractivity contribution in [2.45, 2.75) is 31.3 Å². The molecule has 0 saturated heterocycles. The summed E-state index contributed by atoms with van der Waals surface area (Å²) in [6.07, 6.45) is 0. The first-order valence-electron chi connectivity index (χ1n) is 9.08. The third-order valence-corrected chi connectivity index (χ3v) is 6.53. The van der Waals surface area contributed by atoms with Crippen molar-refractivity contribution in [3.05, 3.63) is 64.5 Å². The van der Waals surface area contributed by atoms with E-state index in [2.05, 4.69) is 15.5 Å². The van der Waals surface area contributed by atoms with E-state index in [9.17, 15) is 18.5 Å². The zero-order chi connectivity index (χ0) is 21.9. The fraction of sp³-hybridized carbons (Fsp3) is 0.263. The average Bonchev–Trinajstić information content (AvgIpc) is 3.21. The number of nitrogens with zero attached hydrogens (tertiary/aromatic N) is 4. The van der Waals surface area contributed by atoms with Gasteiger partial charge in [-0.15, -0.1) is 0 Å². The van der Waals surface area contributed by atoms with Crippen LogP contribution in [0.25, 0.3) is 11.4 Å². The second-order valence-corrected chi connectivity index (χ2v) is 8.81. The number of nitro groups is 1. The lowest BCUT2D eigenvalue weighted by atomic mass is 10.2. The molecule has 1 heterocycles. The normalized spacial score (nSPS) is 11.8. The van der Waals surface area contributed by atoms with Crippen LogP contribution in [-0.2, 0) is 16.6 Å². The van der Waals surface area contributed by atoms with Crippen LogP contribution in [-0.4, -0.2) is 40.9 Å². The molecule has 0 spiro atoms. The minimum Gasteiger partial charge on any atom is -0.376 e. The van der Waals surface area contributed by atoms with Gasteiger partial charge in [0.2, 0.25) is 21.7 Å². The van der Waals surface area contributed by atoms with E-state index in [1.807, 2.05) is 0 Å². The number of non-ortho nitro benzene ring substituents is 1. The van der Waals surface area contributed by atoms with Gasteiger partial charge in [-0.05, 0) is 38.1 Å². The van der Waals surface area contributed by atoms with Crippen molar-refractivity contribution in [2.75, 3.05) is 12.4 Å². The Morgan fingerprint density at radius 3 is 2.53 bits per heavy atom. The molecule has 3 rings (SSSR count). The predicted octanol–water partition coefficient (Wildman–Crippen LogP) is 3.29. The first kappa shape index (κ1) is 21.4. The molecule has 0 amide bonds. The highest BCUT2D eigenvalue weighted by atomic mass is 32.2. The molecule has 0 saturated carbocycles. The largest absolute Gasteiger partial charge is 0.376 e. The third-order valence-electron chi connectivity index (χ3n) is 4.49. The van der Waals surface area contributed by atoms with Crippen LogP contribution in [0.4, 0.5) is 11.4 Å². The quantitative estimate of drug-likeness (QED) is 0.424. The van der Waals surface area contributed by atoms with Crippen molar-refractivity contribution in [1.29, 1.82) is 0 Å². The lowest BCUT2D eigenvalue weighted by Gasteiger charge is -2.21. The van der Waals surface area contributed by atoms with Gasteiger partial charge in [-0.3, -0.25) is 10.1 Å². The summed E-state index contributed by atoms with van der Waals surface area (Å²) < 4.78 is 31.5. The van der Waals surface area contributed by atoms with Gasteiger partial charge in [-0.1, -0.05) is 17.3 Å². The summed E-state index contributed by atoms with van der Waals surface area (Å²) in [6, 6.07) is 12.2. The molecule has 0 unspecified atom stereocenters. The Labute approximate surface area is 173 Å². The van der Waals surface area contributed by atoms with Crippen LogP contribution >= 0.6 is 0 Å². The van der Waals surface area contributed by atoms with Crippen molar-refractivity contribution in [1.82, 2.24) is 14.4 Å². The van der Waals surface area contributed by atoms with Crippen LogP contribution in [0.5, 0.6) is 0 Å². The fourth-order valence-corrected chi connectivity index (χ4v) is 3.94. The number of anilines is 1. The van der Waals surface area contributed by atoms with E-state index >= 15 is 0 Å². The van der Waals surface area contributed by atoms with Crippen LogP contribution in [0, 0.1) is 10.1 Å². The van der Waals surface area contributed by atoms with Crippen molar-refractivity contribution < 1.29 is 17.9 Å². The lowest BCUT2D eigenvalue weighted by Crippen LogP contribution is -2.33. The molecule has 0 bridgehead atoms. The molecule has 0 aliphatic carbocycles. The maximum atomic E-state index is 12.5. The predicted molar refractivity (Wildman–Crippen MR) is 110 cm³/mol. The van der Waals surface area contributed by atoms with E-state index in [0.29, 0.717) is 11.3 Å². The van der Waals surface area contributed by atoms with Crippen molar-refractivity contribution >= 4 is 21.4 Å². The average molecular weight is 431 g/mol. The summed E-state index contributed by atoms with van der Waals surface area (Å²) in [5.41, 5.74) is 1.09. The Morgan fingerprint density at radius 2 is 1.90 bits per heavy atom. The summed E-state index contributed by atoms with van der Waals surface area (Å²) in [5.74, 6) is 0.529. The maximum Gasteiger partial charge on any atom is 0.270 e. The molecule has 1 aromatic heterocycles. The van der Waals surface area contributed by atoms with Gasteiger partial charge in [0, 0.05) is 36.5 Å². The number of aromatic nitrogens is 2. The lowest BCUT2D eigenvalue weighted by molar-refractivity contribution is -0.384. The van der Waals surface area contributed by atoms with Crippen molar-refractivity contribution in [3.63, 3.8) is 0 Å². The molecule has 30 heavy (non-hydrogen) atoms. The zero-order valence-corrected chi connectivity index (χ0v) is 17.5. The van der Waals surface area contributed by atoms with Crippen LogP contribution in [0.15, 0.2) is 57.9 Å². The summed E-state index contributed by atoms with van der Waals surface area (Å²) in [4.78, 5) is 14.8. The highest BCUT2D eigenvalue weighted by molar-refractivity contribution is 7.89. The first-order chi connectivity index (χ1) is 14.2. The molecule has 11 heteroatoms. The van der Waals surface area contributed by atoms with Crippen molar-refractivity contribution in [3.8, 4) is 11.4 Å². The molecule has 10 nitrogen and oxygen atoms in total. The molecule has 0 aliphatic heterocycles. The number of nitro benzene ring substituents is 1. The van der Waals surface area contributed by atoms with Gasteiger partial charge in [0.25, 0.3) is 5.69 Å². The summed E-state index contributed by atoms with van der Waals surface area (Å²) in [6.45, 7) is 3.82. The molecule has 0 aliphatic rings. The maximum absolute atomic E-state index is 12.5. The number of hydrogen-bond donors (Lipinski definition) is 1. The molecular weight excluding hydrogens is 410 g/mol. The number of rotatable bonds is 8. The molecule has 158 valence electrons. The summed E-state index contributed by atoms with van der Waals surface area (Å²) >= 11 is 0. The fourth-order valence-electron chi connectivity index (χ4n) is 2.57. The van der Waals surface area contributed by atoms with Gasteiger partial charge in [0.05, 0.1) is 16.4 Å². The monoisotopic (exact) mass is 431 g/mol. The minimum absolute atomic E-state index is 0.0601. The Bertz CT molecular complexity index is 1140. The van der Waals surface area contributed by atoms with Crippen LogP contribution < -0.4 is 5.32 Å². The van der Waals surface area contributed by atoms with Crippen LogP contribution in [0.1, 0.15) is 19.7 Å². The topological polar surface area (TPSA) is 131 Å². The highest BCUT2D eigenvalue weighted by Gasteiger charge is 2.22. The Morgan fingerprint density at radius 1 is 1.20 bits per heavy atom. The summed E-state index contributed by atoms with van der Waals surface area (Å²) in [5, 5.41) is 17.8. The number of benzene rings is 2. The van der Waals surface area contributed by atoms with Crippen molar-refractivity contribution in [2.24, 2.45) is 0 Å². The minimum atomic E-state index is -3.54. The smallest absolute Gasteiger partial charge is 0.270 e. The van der Waals surface area contributed by atoms with Gasteiger partial charge >= 0.3 is 0 Å². The second-order valence-electron chi connectivity index (χ2n) is 6.81. The van der Waals surface area contributed by atoms with E-state index < -0.39 is 14.9 Å². The van der Waals surface area contributed by atoms with Crippen LogP contribution in [0.2, 0.25) is 0 Å². The molecule has 0 atom stereocenters. The van der Waals surface area contributed by atoms with E-state index in [1.165, 1.54) is 28.6 Å². The van der Waals surface area contributed by atoms with Gasteiger partial charge in [-0.25, -0.2) is 8.42 Å². The number of nitrogens with one attached hydrogen (secondary N) is 1. The molecule has 0 fully saturated rings. The summed E-state index contributed by atoms with van der Waals surface area (Å²) in [7, 11) is -2.00. The SMILES string of the molecule is CC(C)N(C)S(=O)(=O)c1ccc(NCc2nc(-c3cccc([N+](=O)[O-])c3)no2)cc1. The van der Waals surface area contributed by atoms with E-state index in [4.69, 9.17) is 4.52 Å². The molecule has 2 aromatic carbocycles. The first-order valence-corrected chi connectivity index (χ1v) is 10.5. The van der Waals surface area contributed by atoms with E-state index in [0.717, 1.165) is 0 Å². The molecule has 3 aromatic rings. The number of sulfonamides is 1. The zero-order valence-electron chi connectivity index (χ0n) is 16.6. The van der Waals surface area contributed by atoms with E-state index in [-0.39, 0.29) is 34.9 Å². The molecular formula is C19H21N5O5S. The van der Waals surface area contributed by atoms with E-state index in [1.54, 1.807) is 45.2 Å². The Kier molecular flexibility index (Phi) is 6.13. The molecule has 1 N–H and O–H groups in total. The Hall–Kier alpha value is -3.31. The molecule has 0 radical (unpaired) electrons. The highest BCUT2D eigenvalue weighted by Crippen LogP contribution is 2.22. The third kappa shape index (κ3) is 4.63. The second kappa shape index (κ2) is 8.59. The van der Waals surface area contributed by atoms with Crippen LogP contribution in [0.3, 0.4) is 0 Å². The van der Waals surface area contributed by atoms with Gasteiger partial charge in [-0.2, -0.15) is 9.29 Å².